The molecule has 20 heavy (non-hydrogen) atoms. The van der Waals surface area contributed by atoms with Crippen molar-refractivity contribution < 1.29 is 14.3 Å². The molecule has 7 nitrogen and oxygen atoms in total. The molecule has 2 rings (SSSR count). The number of H-pyrrole nitrogens is 1. The van der Waals surface area contributed by atoms with Gasteiger partial charge in [-0.1, -0.05) is 0 Å². The number of nitrogens with zero attached hydrogens (tertiary/aromatic N) is 2. The van der Waals surface area contributed by atoms with E-state index in [1.165, 1.54) is 6.92 Å². The van der Waals surface area contributed by atoms with Crippen LogP contribution in [-0.4, -0.2) is 39.2 Å². The van der Waals surface area contributed by atoms with E-state index < -0.39 is 5.60 Å². The number of anilines is 1. The van der Waals surface area contributed by atoms with Gasteiger partial charge in [0.05, 0.1) is 12.2 Å². The fourth-order valence-corrected chi connectivity index (χ4v) is 2.07. The van der Waals surface area contributed by atoms with E-state index in [0.717, 1.165) is 11.3 Å². The van der Waals surface area contributed by atoms with E-state index in [2.05, 4.69) is 15.5 Å². The summed E-state index contributed by atoms with van der Waals surface area (Å²) in [4.78, 5) is 24.7. The summed E-state index contributed by atoms with van der Waals surface area (Å²) in [5, 5.41) is 9.61. The molecule has 0 aromatic carbocycles. The highest BCUT2D eigenvalue weighted by atomic mass is 16.6. The maximum atomic E-state index is 12.0. The lowest BCUT2D eigenvalue weighted by molar-refractivity contribution is -0.114. The Morgan fingerprint density at radius 1 is 1.40 bits per heavy atom. The summed E-state index contributed by atoms with van der Waals surface area (Å²) in [5.74, 6) is 0.394. The number of rotatable bonds is 1. The second-order valence-corrected chi connectivity index (χ2v) is 5.86. The minimum absolute atomic E-state index is 0.158. The maximum absolute atomic E-state index is 12.0. The van der Waals surface area contributed by atoms with Gasteiger partial charge in [0, 0.05) is 19.0 Å². The quantitative estimate of drug-likeness (QED) is 0.819. The van der Waals surface area contributed by atoms with Crippen LogP contribution in [0.3, 0.4) is 0 Å². The molecule has 0 spiro atoms. The lowest BCUT2D eigenvalue weighted by atomic mass is 10.1. The Balaban J connectivity index is 2.07. The highest BCUT2D eigenvalue weighted by Crippen LogP contribution is 2.24. The summed E-state index contributed by atoms with van der Waals surface area (Å²) in [6, 6.07) is 0. The third-order valence-electron chi connectivity index (χ3n) is 2.88. The molecule has 2 N–H and O–H groups in total. The van der Waals surface area contributed by atoms with Gasteiger partial charge in [0.15, 0.2) is 5.82 Å². The number of carbonyl (C=O) groups is 2. The van der Waals surface area contributed by atoms with Crippen molar-refractivity contribution in [2.75, 3.05) is 11.9 Å². The zero-order valence-corrected chi connectivity index (χ0v) is 12.2. The molecule has 1 aromatic heterocycles. The molecule has 2 heterocycles. The summed E-state index contributed by atoms with van der Waals surface area (Å²) in [6.07, 6.45) is 0.305. The monoisotopic (exact) mass is 280 g/mol. The highest BCUT2D eigenvalue weighted by molar-refractivity contribution is 5.88. The molecule has 1 aliphatic heterocycles. The van der Waals surface area contributed by atoms with Crippen LogP contribution in [0.15, 0.2) is 0 Å². The van der Waals surface area contributed by atoms with Crippen LogP contribution in [-0.2, 0) is 22.5 Å². The molecule has 0 bridgehead atoms. The molecule has 1 aromatic rings. The second kappa shape index (κ2) is 5.15. The molecule has 0 radical (unpaired) electrons. The Labute approximate surface area is 117 Å². The number of ether oxygens (including phenoxy) is 1. The van der Waals surface area contributed by atoms with Gasteiger partial charge in [-0.2, -0.15) is 5.10 Å². The van der Waals surface area contributed by atoms with Gasteiger partial charge in [-0.3, -0.25) is 9.89 Å². The molecule has 0 aliphatic carbocycles. The Morgan fingerprint density at radius 3 is 2.70 bits per heavy atom. The zero-order chi connectivity index (χ0) is 14.9. The Morgan fingerprint density at radius 2 is 2.10 bits per heavy atom. The van der Waals surface area contributed by atoms with Crippen LogP contribution in [0, 0.1) is 0 Å². The molecule has 7 heteroatoms. The molecular formula is C13H20N4O3. The van der Waals surface area contributed by atoms with Crippen molar-refractivity contribution in [2.24, 2.45) is 0 Å². The number of aromatic nitrogens is 2. The van der Waals surface area contributed by atoms with Crippen LogP contribution in [0.5, 0.6) is 0 Å². The first-order chi connectivity index (χ1) is 9.26. The van der Waals surface area contributed by atoms with Crippen LogP contribution in [0.4, 0.5) is 10.6 Å². The Bertz CT molecular complexity index is 530. The summed E-state index contributed by atoms with van der Waals surface area (Å²) in [6.45, 7) is 7.92. The smallest absolute Gasteiger partial charge is 0.410 e. The first-order valence-electron chi connectivity index (χ1n) is 6.58. The molecule has 110 valence electrons. The fourth-order valence-electron chi connectivity index (χ4n) is 2.07. The number of amides is 2. The van der Waals surface area contributed by atoms with Crippen molar-refractivity contribution in [1.29, 1.82) is 0 Å². The van der Waals surface area contributed by atoms with Gasteiger partial charge < -0.3 is 15.0 Å². The topological polar surface area (TPSA) is 87.3 Å². The Kier molecular flexibility index (Phi) is 3.69. The van der Waals surface area contributed by atoms with Gasteiger partial charge >= 0.3 is 6.09 Å². The lowest BCUT2D eigenvalue weighted by Crippen LogP contribution is -2.39. The molecule has 0 unspecified atom stereocenters. The highest BCUT2D eigenvalue weighted by Gasteiger charge is 2.28. The van der Waals surface area contributed by atoms with Gasteiger partial charge in [-0.15, -0.1) is 0 Å². The SMILES string of the molecule is CC(=O)Nc1n[nH]c2c1CCN(C(=O)OC(C)(C)C)C2. The van der Waals surface area contributed by atoms with E-state index >= 15 is 0 Å². The summed E-state index contributed by atoms with van der Waals surface area (Å²) in [5.41, 5.74) is 1.29. The molecule has 0 saturated heterocycles. The summed E-state index contributed by atoms with van der Waals surface area (Å²) in [7, 11) is 0. The normalized spacial score (nSPS) is 14.7. The van der Waals surface area contributed by atoms with E-state index in [1.54, 1.807) is 4.90 Å². The first-order valence-corrected chi connectivity index (χ1v) is 6.58. The number of fused-ring (bicyclic) bond motifs is 1. The number of nitrogens with one attached hydrogen (secondary N) is 2. The van der Waals surface area contributed by atoms with Crippen molar-refractivity contribution in [3.8, 4) is 0 Å². The van der Waals surface area contributed by atoms with Gasteiger partial charge in [0.1, 0.15) is 5.60 Å². The van der Waals surface area contributed by atoms with Crippen molar-refractivity contribution in [2.45, 2.75) is 46.3 Å². The van der Waals surface area contributed by atoms with Crippen molar-refractivity contribution >= 4 is 17.8 Å². The molecule has 1 aliphatic rings. The van der Waals surface area contributed by atoms with Gasteiger partial charge in [-0.25, -0.2) is 4.79 Å². The van der Waals surface area contributed by atoms with Crippen LogP contribution in [0.1, 0.15) is 39.0 Å². The predicted molar refractivity (Wildman–Crippen MR) is 73.2 cm³/mol. The Hall–Kier alpha value is -2.05. The van der Waals surface area contributed by atoms with Crippen LogP contribution < -0.4 is 5.32 Å². The lowest BCUT2D eigenvalue weighted by Gasteiger charge is -2.29. The number of aromatic amines is 1. The molecular weight excluding hydrogens is 260 g/mol. The molecule has 0 fully saturated rings. The van der Waals surface area contributed by atoms with Gasteiger partial charge in [0.2, 0.25) is 5.91 Å². The first kappa shape index (κ1) is 14.4. The van der Waals surface area contributed by atoms with Crippen LogP contribution in [0.25, 0.3) is 0 Å². The standard InChI is InChI=1S/C13H20N4O3/c1-8(18)14-11-9-5-6-17(7-10(9)15-16-11)12(19)20-13(2,3)4/h5-7H2,1-4H3,(H2,14,15,16,18). The summed E-state index contributed by atoms with van der Waals surface area (Å²) < 4.78 is 5.35. The molecule has 0 atom stereocenters. The largest absolute Gasteiger partial charge is 0.444 e. The molecule has 0 saturated carbocycles. The van der Waals surface area contributed by atoms with Crippen LogP contribution >= 0.6 is 0 Å². The van der Waals surface area contributed by atoms with E-state index in [9.17, 15) is 9.59 Å². The average Bonchev–Trinajstić information content (AvgIpc) is 2.69. The van der Waals surface area contributed by atoms with E-state index in [0.29, 0.717) is 25.3 Å². The zero-order valence-electron chi connectivity index (χ0n) is 12.2. The predicted octanol–water partition coefficient (Wildman–Crippen LogP) is 1.66. The minimum Gasteiger partial charge on any atom is -0.444 e. The minimum atomic E-state index is -0.507. The van der Waals surface area contributed by atoms with Gasteiger partial charge in [0.25, 0.3) is 0 Å². The fraction of sp³-hybridized carbons (Fsp3) is 0.615. The average molecular weight is 280 g/mol. The van der Waals surface area contributed by atoms with Crippen molar-refractivity contribution in [3.63, 3.8) is 0 Å². The van der Waals surface area contributed by atoms with Crippen molar-refractivity contribution in [1.82, 2.24) is 15.1 Å². The van der Waals surface area contributed by atoms with Crippen LogP contribution in [0.2, 0.25) is 0 Å². The van der Waals surface area contributed by atoms with Gasteiger partial charge in [-0.05, 0) is 27.2 Å². The van der Waals surface area contributed by atoms with E-state index in [1.807, 2.05) is 20.8 Å². The third kappa shape index (κ3) is 3.28. The maximum Gasteiger partial charge on any atom is 0.410 e. The third-order valence-corrected chi connectivity index (χ3v) is 2.88. The van der Waals surface area contributed by atoms with Crippen molar-refractivity contribution in [3.05, 3.63) is 11.3 Å². The number of hydrogen-bond acceptors (Lipinski definition) is 4. The number of carbonyl (C=O) groups excluding carboxylic acids is 2. The molecule has 2 amide bonds. The van der Waals surface area contributed by atoms with E-state index in [4.69, 9.17) is 4.74 Å². The number of hydrogen-bond donors (Lipinski definition) is 2. The van der Waals surface area contributed by atoms with E-state index in [-0.39, 0.29) is 12.0 Å². The summed E-state index contributed by atoms with van der Waals surface area (Å²) >= 11 is 0. The second-order valence-electron chi connectivity index (χ2n) is 5.86.